The maximum Gasteiger partial charge on any atom is 0.0492 e. The predicted molar refractivity (Wildman–Crippen MR) is 77.6 cm³/mol. The second-order valence-corrected chi connectivity index (χ2v) is 4.96. The fraction of sp³-hybridized carbons (Fsp3) is 0.400. The molecule has 0 saturated carbocycles. The molecule has 1 heterocycles. The van der Waals surface area contributed by atoms with Crippen molar-refractivity contribution < 1.29 is 0 Å². The Hall–Kier alpha value is -1.65. The molecule has 0 fully saturated rings. The summed E-state index contributed by atoms with van der Waals surface area (Å²) in [6.07, 6.45) is 2.86. The van der Waals surface area contributed by atoms with Gasteiger partial charge < -0.3 is 10.6 Å². The second kappa shape index (κ2) is 6.50. The lowest BCUT2D eigenvalue weighted by Gasteiger charge is -2.17. The number of hydrogen-bond acceptors (Lipinski definition) is 3. The van der Waals surface area contributed by atoms with Crippen molar-refractivity contribution in [3.05, 3.63) is 53.3 Å². The summed E-state index contributed by atoms with van der Waals surface area (Å²) in [5.41, 5.74) is 9.44. The van der Waals surface area contributed by atoms with E-state index in [1.807, 2.05) is 17.9 Å². The zero-order chi connectivity index (χ0) is 13.7. The largest absolute Gasteiger partial charge is 0.326 e. The van der Waals surface area contributed by atoms with Crippen LogP contribution in [0.25, 0.3) is 0 Å². The lowest BCUT2D eigenvalue weighted by Crippen LogP contribution is -2.21. The normalized spacial score (nSPS) is 11.2. The van der Waals surface area contributed by atoms with Gasteiger partial charge in [0.05, 0.1) is 0 Å². The third kappa shape index (κ3) is 3.91. The van der Waals surface area contributed by atoms with Crippen LogP contribution in [0.2, 0.25) is 0 Å². The molecule has 0 amide bonds. The zero-order valence-electron chi connectivity index (χ0n) is 11.7. The van der Waals surface area contributed by atoms with Gasteiger partial charge in [-0.3, -0.25) is 4.68 Å². The summed E-state index contributed by atoms with van der Waals surface area (Å²) < 4.78 is 1.93. The summed E-state index contributed by atoms with van der Waals surface area (Å²) >= 11 is 0. The Labute approximate surface area is 114 Å². The van der Waals surface area contributed by atoms with Crippen LogP contribution >= 0.6 is 0 Å². The van der Waals surface area contributed by atoms with Crippen molar-refractivity contribution in [2.75, 3.05) is 13.6 Å². The average Bonchev–Trinajstić information content (AvgIpc) is 2.82. The van der Waals surface area contributed by atoms with Gasteiger partial charge >= 0.3 is 0 Å². The van der Waals surface area contributed by atoms with E-state index < -0.39 is 0 Å². The van der Waals surface area contributed by atoms with Crippen LogP contribution < -0.4 is 5.73 Å². The van der Waals surface area contributed by atoms with Crippen molar-refractivity contribution in [3.8, 4) is 0 Å². The molecule has 0 atom stereocenters. The summed E-state index contributed by atoms with van der Waals surface area (Å²) in [7, 11) is 4.13. The second-order valence-electron chi connectivity index (χ2n) is 4.96. The minimum atomic E-state index is 0.604. The topological polar surface area (TPSA) is 47.1 Å². The molecular weight excluding hydrogens is 236 g/mol. The molecule has 4 nitrogen and oxygen atoms in total. The Bertz CT molecular complexity index is 518. The molecule has 0 spiro atoms. The van der Waals surface area contributed by atoms with Gasteiger partial charge in [-0.15, -0.1) is 0 Å². The van der Waals surface area contributed by atoms with Crippen molar-refractivity contribution >= 4 is 0 Å². The highest BCUT2D eigenvalue weighted by atomic mass is 15.3. The maximum absolute atomic E-state index is 5.67. The maximum atomic E-state index is 5.67. The first-order chi connectivity index (χ1) is 9.19. The van der Waals surface area contributed by atoms with Gasteiger partial charge in [-0.2, -0.15) is 5.10 Å². The number of aromatic nitrogens is 2. The Morgan fingerprint density at radius 3 is 2.74 bits per heavy atom. The summed E-state index contributed by atoms with van der Waals surface area (Å²) in [6, 6.07) is 10.6. The molecular formula is C15H22N4. The summed E-state index contributed by atoms with van der Waals surface area (Å²) in [5, 5.41) is 4.19. The molecule has 2 aromatic rings. The van der Waals surface area contributed by atoms with E-state index in [1.54, 1.807) is 0 Å². The summed E-state index contributed by atoms with van der Waals surface area (Å²) in [6.45, 7) is 2.57. The van der Waals surface area contributed by atoms with E-state index >= 15 is 0 Å². The standard InChI is InChI=1S/C15H22N4/c1-18(9-7-15-6-8-17-19(15)2)12-14-5-3-4-13(10-14)11-16/h3-6,8,10H,7,9,11-12,16H2,1-2H3. The zero-order valence-corrected chi connectivity index (χ0v) is 11.7. The van der Waals surface area contributed by atoms with Crippen molar-refractivity contribution in [1.29, 1.82) is 0 Å². The van der Waals surface area contributed by atoms with E-state index in [0.29, 0.717) is 6.54 Å². The van der Waals surface area contributed by atoms with E-state index in [-0.39, 0.29) is 0 Å². The first kappa shape index (κ1) is 13.8. The number of benzene rings is 1. The Morgan fingerprint density at radius 2 is 2.05 bits per heavy atom. The average molecular weight is 258 g/mol. The van der Waals surface area contributed by atoms with Crippen LogP contribution in [0, 0.1) is 0 Å². The van der Waals surface area contributed by atoms with Gasteiger partial charge in [0.25, 0.3) is 0 Å². The van der Waals surface area contributed by atoms with E-state index in [9.17, 15) is 0 Å². The van der Waals surface area contributed by atoms with Crippen LogP contribution in [0.15, 0.2) is 36.5 Å². The molecule has 0 radical (unpaired) electrons. The van der Waals surface area contributed by atoms with Crippen LogP contribution in [0.1, 0.15) is 16.8 Å². The highest BCUT2D eigenvalue weighted by molar-refractivity contribution is 5.23. The van der Waals surface area contributed by atoms with Gasteiger partial charge in [0.15, 0.2) is 0 Å². The van der Waals surface area contributed by atoms with E-state index in [0.717, 1.165) is 19.5 Å². The minimum Gasteiger partial charge on any atom is -0.326 e. The van der Waals surface area contributed by atoms with Gasteiger partial charge in [0.2, 0.25) is 0 Å². The van der Waals surface area contributed by atoms with Gasteiger partial charge in [-0.25, -0.2) is 0 Å². The first-order valence-corrected chi connectivity index (χ1v) is 6.62. The third-order valence-corrected chi connectivity index (χ3v) is 3.35. The summed E-state index contributed by atoms with van der Waals surface area (Å²) in [4.78, 5) is 2.32. The predicted octanol–water partition coefficient (Wildman–Crippen LogP) is 1.55. The molecule has 2 N–H and O–H groups in total. The van der Waals surface area contributed by atoms with E-state index in [1.165, 1.54) is 16.8 Å². The van der Waals surface area contributed by atoms with Crippen LogP contribution in [0.3, 0.4) is 0 Å². The number of rotatable bonds is 6. The van der Waals surface area contributed by atoms with Crippen molar-refractivity contribution in [3.63, 3.8) is 0 Å². The lowest BCUT2D eigenvalue weighted by molar-refractivity contribution is 0.328. The first-order valence-electron chi connectivity index (χ1n) is 6.62. The molecule has 4 heteroatoms. The molecule has 19 heavy (non-hydrogen) atoms. The molecule has 2 rings (SSSR count). The summed E-state index contributed by atoms with van der Waals surface area (Å²) in [5.74, 6) is 0. The molecule has 1 aromatic carbocycles. The Balaban J connectivity index is 1.87. The van der Waals surface area contributed by atoms with E-state index in [4.69, 9.17) is 5.73 Å². The number of nitrogens with two attached hydrogens (primary N) is 1. The minimum absolute atomic E-state index is 0.604. The Kier molecular flexibility index (Phi) is 4.71. The van der Waals surface area contributed by atoms with Gasteiger partial charge in [-0.05, 0) is 24.2 Å². The highest BCUT2D eigenvalue weighted by Crippen LogP contribution is 2.08. The lowest BCUT2D eigenvalue weighted by atomic mass is 10.1. The van der Waals surface area contributed by atoms with Gasteiger partial charge in [-0.1, -0.05) is 24.3 Å². The number of aryl methyl sites for hydroxylation is 1. The van der Waals surface area contributed by atoms with Crippen molar-refractivity contribution in [1.82, 2.24) is 14.7 Å². The Morgan fingerprint density at radius 1 is 1.26 bits per heavy atom. The monoisotopic (exact) mass is 258 g/mol. The number of hydrogen-bond donors (Lipinski definition) is 1. The van der Waals surface area contributed by atoms with E-state index in [2.05, 4.69) is 47.4 Å². The smallest absolute Gasteiger partial charge is 0.0492 e. The van der Waals surface area contributed by atoms with Gasteiger partial charge in [0, 0.05) is 45.0 Å². The molecule has 0 unspecified atom stereocenters. The molecule has 0 bridgehead atoms. The fourth-order valence-corrected chi connectivity index (χ4v) is 2.20. The highest BCUT2D eigenvalue weighted by Gasteiger charge is 2.04. The SMILES string of the molecule is CN(CCc1ccnn1C)Cc1cccc(CN)c1. The number of nitrogens with zero attached hydrogens (tertiary/aromatic N) is 3. The molecule has 0 aliphatic heterocycles. The molecule has 1 aromatic heterocycles. The molecule has 0 aliphatic rings. The fourth-order valence-electron chi connectivity index (χ4n) is 2.20. The molecule has 0 aliphatic carbocycles. The molecule has 102 valence electrons. The quantitative estimate of drug-likeness (QED) is 0.855. The van der Waals surface area contributed by atoms with Crippen LogP contribution in [-0.2, 0) is 26.6 Å². The molecule has 0 saturated heterocycles. The van der Waals surface area contributed by atoms with Gasteiger partial charge in [0.1, 0.15) is 0 Å². The third-order valence-electron chi connectivity index (χ3n) is 3.35. The van der Waals surface area contributed by atoms with Crippen molar-refractivity contribution in [2.24, 2.45) is 12.8 Å². The van der Waals surface area contributed by atoms with Crippen LogP contribution in [0.5, 0.6) is 0 Å². The number of likely N-dealkylation sites (N-methyl/N-ethyl adjacent to an activating group) is 1. The van der Waals surface area contributed by atoms with Crippen LogP contribution in [0.4, 0.5) is 0 Å². The van der Waals surface area contributed by atoms with Crippen molar-refractivity contribution in [2.45, 2.75) is 19.5 Å². The van der Waals surface area contributed by atoms with Crippen LogP contribution in [-0.4, -0.2) is 28.3 Å².